The van der Waals surface area contributed by atoms with Crippen LogP contribution in [0.2, 0.25) is 0 Å². The van der Waals surface area contributed by atoms with Crippen LogP contribution in [0.4, 0.5) is 0 Å². The van der Waals surface area contributed by atoms with E-state index in [1.807, 2.05) is 0 Å². The molecule has 0 aliphatic carbocycles. The quantitative estimate of drug-likeness (QED) is 0.778. The lowest BCUT2D eigenvalue weighted by Gasteiger charge is -2.01. The van der Waals surface area contributed by atoms with E-state index in [0.717, 1.165) is 17.2 Å². The fourth-order valence-corrected chi connectivity index (χ4v) is 2.25. The van der Waals surface area contributed by atoms with E-state index in [4.69, 9.17) is 5.11 Å². The molecular weight excluding hydrogens is 200 g/mol. The molecule has 1 N–H and O–H groups in total. The lowest BCUT2D eigenvalue weighted by atomic mass is 10.3. The van der Waals surface area contributed by atoms with Gasteiger partial charge in [-0.2, -0.15) is 5.10 Å². The highest BCUT2D eigenvalue weighted by Crippen LogP contribution is 2.25. The Labute approximate surface area is 87.3 Å². The van der Waals surface area contributed by atoms with Crippen molar-refractivity contribution in [2.45, 2.75) is 25.3 Å². The number of hydrogen-bond acceptors (Lipinski definition) is 3. The third kappa shape index (κ3) is 2.09. The first-order valence-electron chi connectivity index (χ1n) is 4.47. The van der Waals surface area contributed by atoms with E-state index in [2.05, 4.69) is 12.0 Å². The molecule has 5 heteroatoms. The first-order chi connectivity index (χ1) is 6.57. The Kier molecular flexibility index (Phi) is 3.57. The molecule has 4 nitrogen and oxygen atoms in total. The predicted octanol–water partition coefficient (Wildman–Crippen LogP) is 1.93. The Morgan fingerprint density at radius 3 is 2.79 bits per heavy atom. The average molecular weight is 214 g/mol. The second kappa shape index (κ2) is 4.50. The molecule has 0 amide bonds. The zero-order chi connectivity index (χ0) is 10.7. The Balaban J connectivity index is 3.05. The molecule has 0 bridgehead atoms. The highest BCUT2D eigenvalue weighted by Gasteiger charge is 2.19. The minimum atomic E-state index is -0.894. The standard InChI is InChI=1S/C9H14N2O2S/c1-4-5-14-8-7(9(12)13)6(2)10-11(8)3/h4-5H2,1-3H3,(H,12,13). The Bertz CT molecular complexity index is 347. The van der Waals surface area contributed by atoms with Gasteiger partial charge in [0.15, 0.2) is 0 Å². The smallest absolute Gasteiger partial charge is 0.340 e. The third-order valence-electron chi connectivity index (χ3n) is 1.83. The summed E-state index contributed by atoms with van der Waals surface area (Å²) >= 11 is 1.54. The number of carboxylic acid groups (broad SMARTS) is 1. The summed E-state index contributed by atoms with van der Waals surface area (Å²) in [6, 6.07) is 0. The van der Waals surface area contributed by atoms with Gasteiger partial charge in [0.2, 0.25) is 0 Å². The second-order valence-electron chi connectivity index (χ2n) is 3.04. The van der Waals surface area contributed by atoms with E-state index in [9.17, 15) is 4.79 Å². The first-order valence-corrected chi connectivity index (χ1v) is 5.46. The van der Waals surface area contributed by atoms with Crippen molar-refractivity contribution in [3.05, 3.63) is 11.3 Å². The fourth-order valence-electron chi connectivity index (χ4n) is 1.25. The summed E-state index contributed by atoms with van der Waals surface area (Å²) in [7, 11) is 1.78. The Hall–Kier alpha value is -0.970. The van der Waals surface area contributed by atoms with Crippen molar-refractivity contribution < 1.29 is 9.90 Å². The third-order valence-corrected chi connectivity index (χ3v) is 3.18. The summed E-state index contributed by atoms with van der Waals surface area (Å²) in [5.41, 5.74) is 0.921. The van der Waals surface area contributed by atoms with Gasteiger partial charge in [0.1, 0.15) is 10.6 Å². The van der Waals surface area contributed by atoms with Crippen molar-refractivity contribution in [2.75, 3.05) is 5.75 Å². The Morgan fingerprint density at radius 2 is 2.29 bits per heavy atom. The lowest BCUT2D eigenvalue weighted by Crippen LogP contribution is -2.00. The number of carbonyl (C=O) groups is 1. The monoisotopic (exact) mass is 214 g/mol. The molecule has 0 atom stereocenters. The summed E-state index contributed by atoms with van der Waals surface area (Å²) < 4.78 is 1.64. The highest BCUT2D eigenvalue weighted by atomic mass is 32.2. The lowest BCUT2D eigenvalue weighted by molar-refractivity contribution is 0.0692. The maximum Gasteiger partial charge on any atom is 0.340 e. The second-order valence-corrected chi connectivity index (χ2v) is 4.13. The van der Waals surface area contributed by atoms with Crippen LogP contribution < -0.4 is 0 Å². The number of aromatic carboxylic acids is 1. The summed E-state index contributed by atoms with van der Waals surface area (Å²) in [5, 5.41) is 13.8. The molecule has 0 unspecified atom stereocenters. The summed E-state index contributed by atoms with van der Waals surface area (Å²) in [4.78, 5) is 11.0. The van der Waals surface area contributed by atoms with Gasteiger partial charge in [-0.3, -0.25) is 4.68 Å². The van der Waals surface area contributed by atoms with Crippen LogP contribution in [0.25, 0.3) is 0 Å². The van der Waals surface area contributed by atoms with Crippen LogP contribution in [-0.2, 0) is 7.05 Å². The van der Waals surface area contributed by atoms with Crippen molar-refractivity contribution in [3.8, 4) is 0 Å². The van der Waals surface area contributed by atoms with Gasteiger partial charge in [0.05, 0.1) is 5.69 Å². The molecule has 1 heterocycles. The number of carboxylic acids is 1. The van der Waals surface area contributed by atoms with Crippen LogP contribution in [0, 0.1) is 6.92 Å². The molecule has 0 fully saturated rings. The minimum Gasteiger partial charge on any atom is -0.478 e. The topological polar surface area (TPSA) is 55.1 Å². The van der Waals surface area contributed by atoms with Gasteiger partial charge in [-0.15, -0.1) is 11.8 Å². The molecule has 0 saturated carbocycles. The van der Waals surface area contributed by atoms with Gasteiger partial charge in [-0.05, 0) is 19.1 Å². The SMILES string of the molecule is CCCSc1c(C(=O)O)c(C)nn1C. The molecule has 0 saturated heterocycles. The molecule has 0 aliphatic rings. The first kappa shape index (κ1) is 11.1. The van der Waals surface area contributed by atoms with Crippen LogP contribution in [-0.4, -0.2) is 26.6 Å². The van der Waals surface area contributed by atoms with Crippen molar-refractivity contribution in [2.24, 2.45) is 7.05 Å². The molecular formula is C9H14N2O2S. The van der Waals surface area contributed by atoms with E-state index in [-0.39, 0.29) is 0 Å². The molecule has 14 heavy (non-hydrogen) atoms. The molecule has 0 radical (unpaired) electrons. The zero-order valence-electron chi connectivity index (χ0n) is 8.57. The number of hydrogen-bond donors (Lipinski definition) is 1. The number of nitrogens with zero attached hydrogens (tertiary/aromatic N) is 2. The molecule has 0 aromatic carbocycles. The van der Waals surface area contributed by atoms with Gasteiger partial charge in [-0.25, -0.2) is 4.79 Å². The number of aryl methyl sites for hydroxylation is 2. The number of thioether (sulfide) groups is 1. The maximum absolute atomic E-state index is 11.0. The largest absolute Gasteiger partial charge is 0.478 e. The fraction of sp³-hybridized carbons (Fsp3) is 0.556. The van der Waals surface area contributed by atoms with Gasteiger partial charge >= 0.3 is 5.97 Å². The molecule has 1 rings (SSSR count). The average Bonchev–Trinajstić information content (AvgIpc) is 2.37. The minimum absolute atomic E-state index is 0.339. The van der Waals surface area contributed by atoms with Crippen LogP contribution in [0.5, 0.6) is 0 Å². The van der Waals surface area contributed by atoms with E-state index >= 15 is 0 Å². The van der Waals surface area contributed by atoms with E-state index in [0.29, 0.717) is 11.3 Å². The molecule has 1 aromatic rings. The molecule has 0 spiro atoms. The molecule has 78 valence electrons. The summed E-state index contributed by atoms with van der Waals surface area (Å²) in [5.74, 6) is 0.0217. The van der Waals surface area contributed by atoms with Crippen LogP contribution >= 0.6 is 11.8 Å². The van der Waals surface area contributed by atoms with Crippen molar-refractivity contribution in [3.63, 3.8) is 0 Å². The van der Waals surface area contributed by atoms with Gasteiger partial charge < -0.3 is 5.11 Å². The molecule has 0 aliphatic heterocycles. The Morgan fingerprint density at radius 1 is 1.64 bits per heavy atom. The van der Waals surface area contributed by atoms with Gasteiger partial charge in [-0.1, -0.05) is 6.92 Å². The summed E-state index contributed by atoms with van der Waals surface area (Å²) in [6.07, 6.45) is 1.02. The normalized spacial score (nSPS) is 10.5. The van der Waals surface area contributed by atoms with Crippen molar-refractivity contribution in [1.82, 2.24) is 9.78 Å². The zero-order valence-corrected chi connectivity index (χ0v) is 9.39. The molecule has 1 aromatic heterocycles. The van der Waals surface area contributed by atoms with E-state index < -0.39 is 5.97 Å². The maximum atomic E-state index is 11.0. The van der Waals surface area contributed by atoms with Gasteiger partial charge in [0.25, 0.3) is 0 Å². The van der Waals surface area contributed by atoms with E-state index in [1.165, 1.54) is 0 Å². The van der Waals surface area contributed by atoms with Crippen molar-refractivity contribution in [1.29, 1.82) is 0 Å². The van der Waals surface area contributed by atoms with Gasteiger partial charge in [0, 0.05) is 7.05 Å². The number of aromatic nitrogens is 2. The van der Waals surface area contributed by atoms with Crippen LogP contribution in [0.15, 0.2) is 5.03 Å². The van der Waals surface area contributed by atoms with E-state index in [1.54, 1.807) is 30.4 Å². The van der Waals surface area contributed by atoms with Crippen LogP contribution in [0.1, 0.15) is 29.4 Å². The van der Waals surface area contributed by atoms with Crippen molar-refractivity contribution >= 4 is 17.7 Å². The van der Waals surface area contributed by atoms with Crippen LogP contribution in [0.3, 0.4) is 0 Å². The highest BCUT2D eigenvalue weighted by molar-refractivity contribution is 7.99. The summed E-state index contributed by atoms with van der Waals surface area (Å²) in [6.45, 7) is 3.79. The number of rotatable bonds is 4. The predicted molar refractivity (Wildman–Crippen MR) is 55.9 cm³/mol.